The lowest BCUT2D eigenvalue weighted by atomic mass is 9.71. The van der Waals surface area contributed by atoms with Crippen LogP contribution in [0.2, 0.25) is 19.1 Å². The second-order valence-corrected chi connectivity index (χ2v) is 13.2. The lowest BCUT2D eigenvalue weighted by molar-refractivity contribution is 0.197. The molecule has 1 heteroatoms. The van der Waals surface area contributed by atoms with Crippen molar-refractivity contribution in [3.05, 3.63) is 42.0 Å². The van der Waals surface area contributed by atoms with Crippen LogP contribution in [0.4, 0.5) is 0 Å². The molecule has 0 heterocycles. The molecule has 1 fully saturated rings. The highest BCUT2D eigenvalue weighted by Gasteiger charge is 2.28. The Morgan fingerprint density at radius 2 is 1.62 bits per heavy atom. The van der Waals surface area contributed by atoms with Crippen molar-refractivity contribution in [1.29, 1.82) is 0 Å². The van der Waals surface area contributed by atoms with Crippen LogP contribution in [-0.4, -0.2) is 8.07 Å². The Hall–Kier alpha value is -0.823. The normalized spacial score (nSPS) is 20.4. The maximum Gasteiger partial charge on any atom is 0.0843 e. The number of hydrogen-bond donors (Lipinski definition) is 0. The van der Waals surface area contributed by atoms with Gasteiger partial charge in [0, 0.05) is 0 Å². The number of allylic oxidation sites excluding steroid dienone is 2. The van der Waals surface area contributed by atoms with Gasteiger partial charge in [0.2, 0.25) is 0 Å². The lowest BCUT2D eigenvalue weighted by Gasteiger charge is -2.35. The van der Waals surface area contributed by atoms with E-state index in [1.54, 1.807) is 10.8 Å². The van der Waals surface area contributed by atoms with Crippen LogP contribution < -0.4 is 5.19 Å². The van der Waals surface area contributed by atoms with E-state index in [0.29, 0.717) is 5.41 Å². The summed E-state index contributed by atoms with van der Waals surface area (Å²) in [6.45, 7) is 12.2. The van der Waals surface area contributed by atoms with Gasteiger partial charge < -0.3 is 0 Å². The lowest BCUT2D eigenvalue weighted by Crippen LogP contribution is -2.40. The summed E-state index contributed by atoms with van der Waals surface area (Å²) in [7, 11) is -1.29. The van der Waals surface area contributed by atoms with Crippen LogP contribution in [0, 0.1) is 11.3 Å². The molecule has 0 aromatic heterocycles. The molecule has 116 valence electrons. The molecule has 0 bridgehead atoms. The highest BCUT2D eigenvalue weighted by molar-refractivity contribution is 6.90. The third-order valence-electron chi connectivity index (χ3n) is 5.31. The van der Waals surface area contributed by atoms with E-state index >= 15 is 0 Å². The third-order valence-corrected chi connectivity index (χ3v) is 8.43. The van der Waals surface area contributed by atoms with Gasteiger partial charge in [-0.1, -0.05) is 81.0 Å². The molecular formula is C20H32Si. The quantitative estimate of drug-likeness (QED) is 0.491. The van der Waals surface area contributed by atoms with Crippen molar-refractivity contribution in [2.45, 2.75) is 65.6 Å². The van der Waals surface area contributed by atoms with Gasteiger partial charge in [0.05, 0.1) is 8.07 Å². The molecule has 0 aliphatic heterocycles. The van der Waals surface area contributed by atoms with Gasteiger partial charge in [-0.2, -0.15) is 0 Å². The van der Waals surface area contributed by atoms with E-state index in [4.69, 9.17) is 0 Å². The first-order chi connectivity index (χ1) is 9.79. The maximum absolute atomic E-state index is 2.60. The average Bonchev–Trinajstić information content (AvgIpc) is 2.46. The second-order valence-electron chi connectivity index (χ2n) is 8.46. The zero-order valence-electron chi connectivity index (χ0n) is 14.6. The standard InChI is InChI=1S/C20H32Si/c1-20(2,3)18-13-11-17(12-14-18)15-16-21(4,5)19-9-7-6-8-10-19/h6-10,15,18H,11-14,16H2,1-5H3. The van der Waals surface area contributed by atoms with Crippen molar-refractivity contribution in [3.63, 3.8) is 0 Å². The van der Waals surface area contributed by atoms with Crippen molar-refractivity contribution in [1.82, 2.24) is 0 Å². The van der Waals surface area contributed by atoms with Crippen molar-refractivity contribution in [3.8, 4) is 0 Å². The number of hydrogen-bond acceptors (Lipinski definition) is 0. The number of rotatable bonds is 3. The van der Waals surface area contributed by atoms with Crippen LogP contribution in [0.25, 0.3) is 0 Å². The number of benzene rings is 1. The molecule has 0 atom stereocenters. The van der Waals surface area contributed by atoms with Crippen molar-refractivity contribution >= 4 is 13.3 Å². The van der Waals surface area contributed by atoms with E-state index in [1.165, 1.54) is 31.7 Å². The van der Waals surface area contributed by atoms with Gasteiger partial charge in [-0.15, -0.1) is 0 Å². The molecule has 1 aliphatic carbocycles. The van der Waals surface area contributed by atoms with Crippen molar-refractivity contribution in [2.24, 2.45) is 11.3 Å². The molecule has 2 rings (SSSR count). The molecule has 0 spiro atoms. The smallest absolute Gasteiger partial charge is 0.0843 e. The van der Waals surface area contributed by atoms with E-state index < -0.39 is 8.07 Å². The summed E-state index contributed by atoms with van der Waals surface area (Å²) in [5, 5.41) is 1.59. The Labute approximate surface area is 132 Å². The fourth-order valence-corrected chi connectivity index (χ4v) is 5.59. The van der Waals surface area contributed by atoms with E-state index in [1.807, 2.05) is 0 Å². The largest absolute Gasteiger partial charge is 0.0877 e. The molecule has 1 aliphatic rings. The zero-order chi connectivity index (χ0) is 15.5. The molecule has 0 unspecified atom stereocenters. The Kier molecular flexibility index (Phi) is 5.14. The summed E-state index contributed by atoms with van der Waals surface area (Å²) in [5.74, 6) is 0.911. The minimum absolute atomic E-state index is 0.490. The summed E-state index contributed by atoms with van der Waals surface area (Å²) < 4.78 is 0. The average molecular weight is 301 g/mol. The Bertz CT molecular complexity index is 466. The monoisotopic (exact) mass is 300 g/mol. The first kappa shape index (κ1) is 16.5. The van der Waals surface area contributed by atoms with Crippen LogP contribution in [0.1, 0.15) is 46.5 Å². The first-order valence-electron chi connectivity index (χ1n) is 8.52. The van der Waals surface area contributed by atoms with Crippen molar-refractivity contribution in [2.75, 3.05) is 0 Å². The molecule has 0 amide bonds. The molecule has 0 radical (unpaired) electrons. The van der Waals surface area contributed by atoms with Crippen LogP contribution >= 0.6 is 0 Å². The van der Waals surface area contributed by atoms with E-state index in [0.717, 1.165) is 5.92 Å². The second kappa shape index (κ2) is 6.52. The molecule has 0 saturated heterocycles. The first-order valence-corrected chi connectivity index (χ1v) is 11.7. The molecule has 0 N–H and O–H groups in total. The summed E-state index contributed by atoms with van der Waals surface area (Å²) >= 11 is 0. The van der Waals surface area contributed by atoms with Gasteiger partial charge in [-0.3, -0.25) is 0 Å². The van der Waals surface area contributed by atoms with Crippen LogP contribution in [0.3, 0.4) is 0 Å². The Morgan fingerprint density at radius 1 is 1.05 bits per heavy atom. The molecule has 1 aromatic rings. The Morgan fingerprint density at radius 3 is 2.14 bits per heavy atom. The van der Waals surface area contributed by atoms with Gasteiger partial charge in [0.25, 0.3) is 0 Å². The summed E-state index contributed by atoms with van der Waals surface area (Å²) in [6, 6.07) is 12.4. The van der Waals surface area contributed by atoms with Gasteiger partial charge in [-0.05, 0) is 43.1 Å². The Balaban J connectivity index is 1.94. The van der Waals surface area contributed by atoms with Gasteiger partial charge >= 0.3 is 0 Å². The van der Waals surface area contributed by atoms with Crippen LogP contribution in [0.5, 0.6) is 0 Å². The van der Waals surface area contributed by atoms with Gasteiger partial charge in [0.15, 0.2) is 0 Å². The van der Waals surface area contributed by atoms with Crippen LogP contribution in [0.15, 0.2) is 42.0 Å². The fourth-order valence-electron chi connectivity index (χ4n) is 3.47. The SMILES string of the molecule is CC(C)(C)C1CCC(=CC[Si](C)(C)c2ccccc2)CC1. The topological polar surface area (TPSA) is 0 Å². The minimum atomic E-state index is -1.29. The highest BCUT2D eigenvalue weighted by Crippen LogP contribution is 2.39. The van der Waals surface area contributed by atoms with Crippen molar-refractivity contribution < 1.29 is 0 Å². The van der Waals surface area contributed by atoms with Crippen LogP contribution in [-0.2, 0) is 0 Å². The maximum atomic E-state index is 2.60. The summed E-state index contributed by atoms with van der Waals surface area (Å²) in [5.41, 5.74) is 2.22. The molecule has 1 saturated carbocycles. The molecule has 1 aromatic carbocycles. The molecule has 21 heavy (non-hydrogen) atoms. The third kappa shape index (κ3) is 4.57. The summed E-state index contributed by atoms with van der Waals surface area (Å²) in [4.78, 5) is 0. The molecular weight excluding hydrogens is 268 g/mol. The van der Waals surface area contributed by atoms with E-state index in [9.17, 15) is 0 Å². The van der Waals surface area contributed by atoms with E-state index in [2.05, 4.69) is 70.3 Å². The minimum Gasteiger partial charge on any atom is -0.0877 e. The predicted molar refractivity (Wildman–Crippen MR) is 97.9 cm³/mol. The summed E-state index contributed by atoms with van der Waals surface area (Å²) in [6.07, 6.45) is 8.05. The van der Waals surface area contributed by atoms with E-state index in [-0.39, 0.29) is 0 Å². The zero-order valence-corrected chi connectivity index (χ0v) is 15.6. The predicted octanol–water partition coefficient (Wildman–Crippen LogP) is 5.76. The van der Waals surface area contributed by atoms with Gasteiger partial charge in [0.1, 0.15) is 0 Å². The highest BCUT2D eigenvalue weighted by atomic mass is 28.3. The van der Waals surface area contributed by atoms with Gasteiger partial charge in [-0.25, -0.2) is 0 Å². The molecule has 0 nitrogen and oxygen atoms in total. The fraction of sp³-hybridized carbons (Fsp3) is 0.600.